The molecule has 0 atom stereocenters. The lowest BCUT2D eigenvalue weighted by molar-refractivity contribution is 0.306. The zero-order valence-corrected chi connectivity index (χ0v) is 28.0. The van der Waals surface area contributed by atoms with Crippen LogP contribution < -0.4 is 10.1 Å². The minimum Gasteiger partial charge on any atom is -0.487 e. The molecule has 3 aromatic heterocycles. The first-order chi connectivity index (χ1) is 23.1. The lowest BCUT2D eigenvalue weighted by Crippen LogP contribution is -2.28. The number of rotatable bonds is 13. The number of aromatic nitrogens is 4. The monoisotopic (exact) mass is 706 g/mol. The fourth-order valence-electron chi connectivity index (χ4n) is 4.85. The second-order valence-corrected chi connectivity index (χ2v) is 14.3. The van der Waals surface area contributed by atoms with Crippen LogP contribution in [-0.4, -0.2) is 59.1 Å². The van der Waals surface area contributed by atoms with E-state index in [4.69, 9.17) is 16.3 Å². The van der Waals surface area contributed by atoms with Crippen molar-refractivity contribution in [1.82, 2.24) is 24.8 Å². The van der Waals surface area contributed by atoms with Gasteiger partial charge in [0.05, 0.1) is 27.0 Å². The van der Waals surface area contributed by atoms with Crippen molar-refractivity contribution in [2.45, 2.75) is 18.1 Å². The molecule has 1 N–H and O–H groups in total. The molecule has 48 heavy (non-hydrogen) atoms. The molecular formula is C34H29ClF2N6O3S2. The van der Waals surface area contributed by atoms with Gasteiger partial charge in [0.1, 0.15) is 36.1 Å². The molecule has 0 amide bonds. The molecule has 0 aliphatic rings. The number of anilines is 2. The number of nitrogens with one attached hydrogen (secondary N) is 1. The third-order valence-electron chi connectivity index (χ3n) is 7.44. The zero-order valence-electron chi connectivity index (χ0n) is 25.6. The Hall–Kier alpha value is -4.56. The number of likely N-dealkylation sites (N-methyl/N-ethyl adjacent to an activating group) is 1. The van der Waals surface area contributed by atoms with Gasteiger partial charge in [-0.05, 0) is 61.1 Å². The maximum Gasteiger partial charge on any atom is 0.196 e. The number of halogens is 3. The second kappa shape index (κ2) is 14.7. The van der Waals surface area contributed by atoms with Crippen molar-refractivity contribution in [3.05, 3.63) is 118 Å². The fraction of sp³-hybridized carbons (Fsp3) is 0.176. The summed E-state index contributed by atoms with van der Waals surface area (Å²) in [5.74, 6) is 0.0196. The van der Waals surface area contributed by atoms with Gasteiger partial charge in [0.25, 0.3) is 0 Å². The molecule has 3 heterocycles. The predicted octanol–water partition coefficient (Wildman–Crippen LogP) is 7.35. The van der Waals surface area contributed by atoms with Crippen LogP contribution in [0.2, 0.25) is 5.02 Å². The van der Waals surface area contributed by atoms with Crippen molar-refractivity contribution >= 4 is 55.2 Å². The highest BCUT2D eigenvalue weighted by Crippen LogP contribution is 2.34. The van der Waals surface area contributed by atoms with Crippen LogP contribution in [-0.2, 0) is 22.9 Å². The van der Waals surface area contributed by atoms with Gasteiger partial charge in [-0.3, -0.25) is 0 Å². The van der Waals surface area contributed by atoms with Crippen LogP contribution in [0, 0.1) is 11.6 Å². The molecule has 246 valence electrons. The number of fused-ring (bicyclic) bond motifs is 1. The molecule has 6 rings (SSSR count). The van der Waals surface area contributed by atoms with E-state index in [1.807, 2.05) is 11.9 Å². The Labute approximate surface area is 285 Å². The Morgan fingerprint density at radius 3 is 2.65 bits per heavy atom. The summed E-state index contributed by atoms with van der Waals surface area (Å²) in [6.07, 6.45) is 3.38. The number of hydrogen-bond acceptors (Lipinski definition) is 10. The van der Waals surface area contributed by atoms with E-state index in [0.29, 0.717) is 69.5 Å². The van der Waals surface area contributed by atoms with Crippen molar-refractivity contribution in [1.29, 1.82) is 0 Å². The number of hydrogen-bond donors (Lipinski definition) is 1. The molecule has 6 aromatic rings. The number of benzene rings is 3. The van der Waals surface area contributed by atoms with Crippen LogP contribution in [0.4, 0.5) is 20.3 Å². The Bertz CT molecular complexity index is 2170. The quantitative estimate of drug-likeness (QED) is 0.132. The van der Waals surface area contributed by atoms with E-state index in [2.05, 4.69) is 25.3 Å². The molecule has 14 heteroatoms. The molecule has 0 fully saturated rings. The van der Waals surface area contributed by atoms with Crippen LogP contribution >= 0.6 is 22.9 Å². The first-order valence-electron chi connectivity index (χ1n) is 14.8. The van der Waals surface area contributed by atoms with Gasteiger partial charge >= 0.3 is 0 Å². The topological polar surface area (TPSA) is 110 Å². The molecule has 0 unspecified atom stereocenters. The number of nitrogens with zero attached hydrogens (tertiary/aromatic N) is 5. The fourth-order valence-corrected chi connectivity index (χ4v) is 7.14. The van der Waals surface area contributed by atoms with Crippen molar-refractivity contribution in [2.75, 3.05) is 31.2 Å². The van der Waals surface area contributed by atoms with Gasteiger partial charge in [-0.15, -0.1) is 11.3 Å². The van der Waals surface area contributed by atoms with Crippen LogP contribution in [0.25, 0.3) is 22.2 Å². The van der Waals surface area contributed by atoms with Crippen molar-refractivity contribution < 1.29 is 21.9 Å². The lowest BCUT2D eigenvalue weighted by Gasteiger charge is -2.15. The molecule has 0 aliphatic carbocycles. The predicted molar refractivity (Wildman–Crippen MR) is 184 cm³/mol. The Balaban J connectivity index is 1.12. The standard InChI is InChI=1S/C34H29ClF2N6O3S2/c1-43(13-14-48(44,45)33-7-2-3-11-38-33)12-10-32-42-30(20-47-32)25-17-26-29(18-28(25)37)39-21-40-34(26)41-24-8-9-31(27(35)16-24)46-19-22-5-4-6-23(36)15-22/h2-9,11,15-18,20-21H,10,12-14,19H2,1H3,(H,39,40,41). The lowest BCUT2D eigenvalue weighted by atomic mass is 10.1. The van der Waals surface area contributed by atoms with Gasteiger partial charge in [-0.2, -0.15) is 0 Å². The SMILES string of the molecule is CN(CCc1nc(-c2cc3c(Nc4ccc(OCc5cccc(F)c5)c(Cl)c4)ncnc3cc2F)cs1)CCS(=O)(=O)c1ccccn1. The first kappa shape index (κ1) is 33.3. The third-order valence-corrected chi connectivity index (χ3v) is 10.2. The first-order valence-corrected chi connectivity index (χ1v) is 17.7. The van der Waals surface area contributed by atoms with E-state index in [1.165, 1.54) is 48.1 Å². The average molecular weight is 707 g/mol. The largest absolute Gasteiger partial charge is 0.487 e. The van der Waals surface area contributed by atoms with Gasteiger partial charge < -0.3 is 15.0 Å². The number of sulfone groups is 1. The van der Waals surface area contributed by atoms with Gasteiger partial charge in [0.2, 0.25) is 0 Å². The van der Waals surface area contributed by atoms with Crippen molar-refractivity contribution in [3.8, 4) is 17.0 Å². The summed E-state index contributed by atoms with van der Waals surface area (Å²) in [4.78, 5) is 19.2. The Morgan fingerprint density at radius 1 is 0.979 bits per heavy atom. The highest BCUT2D eigenvalue weighted by atomic mass is 35.5. The van der Waals surface area contributed by atoms with Crippen molar-refractivity contribution in [2.24, 2.45) is 0 Å². The molecule has 0 aliphatic heterocycles. The molecule has 3 aromatic carbocycles. The van der Waals surface area contributed by atoms with Crippen LogP contribution in [0.1, 0.15) is 10.6 Å². The summed E-state index contributed by atoms with van der Waals surface area (Å²) in [6, 6.07) is 19.1. The normalized spacial score (nSPS) is 11.7. The Kier molecular flexibility index (Phi) is 10.2. The van der Waals surface area contributed by atoms with Crippen LogP contribution in [0.15, 0.2) is 95.7 Å². The summed E-state index contributed by atoms with van der Waals surface area (Å²) in [5.41, 5.74) is 2.49. The maximum absolute atomic E-state index is 15.3. The third kappa shape index (κ3) is 8.11. The van der Waals surface area contributed by atoms with E-state index in [0.717, 1.165) is 5.01 Å². The van der Waals surface area contributed by atoms with Crippen molar-refractivity contribution in [3.63, 3.8) is 0 Å². The van der Waals surface area contributed by atoms with Gasteiger partial charge in [0, 0.05) is 53.8 Å². The number of thiazole rings is 1. The average Bonchev–Trinajstić information content (AvgIpc) is 3.55. The van der Waals surface area contributed by atoms with E-state index in [-0.39, 0.29) is 23.2 Å². The molecule has 0 bridgehead atoms. The summed E-state index contributed by atoms with van der Waals surface area (Å²) in [7, 11) is -1.63. The van der Waals surface area contributed by atoms with Crippen LogP contribution in [0.5, 0.6) is 5.75 Å². The molecule has 0 radical (unpaired) electrons. The number of pyridine rings is 1. The van der Waals surface area contributed by atoms with Gasteiger partial charge in [-0.25, -0.2) is 37.1 Å². The molecule has 9 nitrogen and oxygen atoms in total. The highest BCUT2D eigenvalue weighted by molar-refractivity contribution is 7.91. The van der Waals surface area contributed by atoms with Gasteiger partial charge in [-0.1, -0.05) is 29.8 Å². The van der Waals surface area contributed by atoms with E-state index >= 15 is 4.39 Å². The Morgan fingerprint density at radius 2 is 1.85 bits per heavy atom. The molecule has 0 saturated carbocycles. The molecule has 0 spiro atoms. The van der Waals surface area contributed by atoms with E-state index in [1.54, 1.807) is 53.9 Å². The summed E-state index contributed by atoms with van der Waals surface area (Å²) < 4.78 is 59.7. The summed E-state index contributed by atoms with van der Waals surface area (Å²) >= 11 is 7.90. The van der Waals surface area contributed by atoms with E-state index < -0.39 is 15.7 Å². The smallest absolute Gasteiger partial charge is 0.196 e. The van der Waals surface area contributed by atoms with E-state index in [9.17, 15) is 12.8 Å². The van der Waals surface area contributed by atoms with Crippen LogP contribution in [0.3, 0.4) is 0 Å². The number of ether oxygens (including phenoxy) is 1. The summed E-state index contributed by atoms with van der Waals surface area (Å²) in [5, 5.41) is 6.81. The minimum absolute atomic E-state index is 0.0505. The summed E-state index contributed by atoms with van der Waals surface area (Å²) in [6.45, 7) is 1.06. The molecular weight excluding hydrogens is 678 g/mol. The minimum atomic E-state index is -3.48. The maximum atomic E-state index is 15.3. The molecule has 0 saturated heterocycles. The highest BCUT2D eigenvalue weighted by Gasteiger charge is 2.18. The zero-order chi connectivity index (χ0) is 33.7. The second-order valence-electron chi connectivity index (χ2n) is 10.9. The van der Waals surface area contributed by atoms with Gasteiger partial charge in [0.15, 0.2) is 14.9 Å².